The number of ether oxygens (including phenoxy) is 1. The maximum absolute atomic E-state index is 6.50. The third-order valence-electron chi connectivity index (χ3n) is 7.06. The van der Waals surface area contributed by atoms with Gasteiger partial charge < -0.3 is 4.74 Å². The lowest BCUT2D eigenvalue weighted by Crippen LogP contribution is -2.35. The molecule has 36 heavy (non-hydrogen) atoms. The Bertz CT molecular complexity index is 1720. The number of para-hydroxylation sites is 3. The number of pyridine rings is 1. The van der Waals surface area contributed by atoms with Crippen LogP contribution in [-0.2, 0) is 6.54 Å². The fourth-order valence-electron chi connectivity index (χ4n) is 5.40. The summed E-state index contributed by atoms with van der Waals surface area (Å²) in [6.07, 6.45) is 4.33. The van der Waals surface area contributed by atoms with E-state index in [1.165, 1.54) is 10.9 Å². The largest absolute Gasteiger partial charge is 0.487 e. The van der Waals surface area contributed by atoms with Gasteiger partial charge >= 0.3 is 0 Å². The van der Waals surface area contributed by atoms with E-state index in [9.17, 15) is 0 Å². The number of aryl methyl sites for hydroxylation is 1. The first-order valence-electron chi connectivity index (χ1n) is 12.6. The summed E-state index contributed by atoms with van der Waals surface area (Å²) in [6, 6.07) is 36.1. The first-order valence-corrected chi connectivity index (χ1v) is 12.6. The first kappa shape index (κ1) is 20.9. The van der Waals surface area contributed by atoms with Gasteiger partial charge in [0.2, 0.25) is 0 Å². The van der Waals surface area contributed by atoms with E-state index in [1.807, 2.05) is 12.1 Å². The molecule has 4 nitrogen and oxygen atoms in total. The number of benzene rings is 4. The third-order valence-corrected chi connectivity index (χ3v) is 7.06. The van der Waals surface area contributed by atoms with E-state index in [0.29, 0.717) is 0 Å². The smallest absolute Gasteiger partial charge is 0.255 e. The number of hydrogen-bond donors (Lipinski definition) is 0. The van der Waals surface area contributed by atoms with Gasteiger partial charge in [-0.15, -0.1) is 0 Å². The summed E-state index contributed by atoms with van der Waals surface area (Å²) in [6.45, 7) is 1.73. The SMILES string of the molecule is c1ccc(-n2c(-c3ccccc3-c3ccc4ccc[n+]5c4c3OCCCC5)nc3ccccc32)cc1. The van der Waals surface area contributed by atoms with Gasteiger partial charge in [0.1, 0.15) is 12.4 Å². The number of aromatic nitrogens is 3. The van der Waals surface area contributed by atoms with Crippen LogP contribution in [0.15, 0.2) is 109 Å². The minimum atomic E-state index is 0.728. The lowest BCUT2D eigenvalue weighted by atomic mass is 9.96. The highest BCUT2D eigenvalue weighted by atomic mass is 16.5. The number of fused-ring (bicyclic) bond motifs is 1. The van der Waals surface area contributed by atoms with Crippen molar-refractivity contribution >= 4 is 21.9 Å². The zero-order valence-corrected chi connectivity index (χ0v) is 20.0. The van der Waals surface area contributed by atoms with Crippen molar-refractivity contribution in [1.29, 1.82) is 0 Å². The molecule has 174 valence electrons. The number of hydrogen-bond acceptors (Lipinski definition) is 2. The Hall–Kier alpha value is -4.44. The Morgan fingerprint density at radius 3 is 2.42 bits per heavy atom. The predicted molar refractivity (Wildman–Crippen MR) is 144 cm³/mol. The van der Waals surface area contributed by atoms with Gasteiger partial charge in [-0.3, -0.25) is 4.57 Å². The molecule has 0 fully saturated rings. The van der Waals surface area contributed by atoms with Crippen LogP contribution in [0.4, 0.5) is 0 Å². The molecule has 0 amide bonds. The average molecular weight is 469 g/mol. The minimum Gasteiger partial charge on any atom is -0.487 e. The van der Waals surface area contributed by atoms with E-state index in [2.05, 4.69) is 106 Å². The van der Waals surface area contributed by atoms with Crippen LogP contribution in [0, 0.1) is 0 Å². The third kappa shape index (κ3) is 3.37. The van der Waals surface area contributed by atoms with Gasteiger partial charge in [0.25, 0.3) is 5.52 Å². The molecule has 1 aliphatic rings. The maximum Gasteiger partial charge on any atom is 0.255 e. The van der Waals surface area contributed by atoms with Crippen LogP contribution in [0.5, 0.6) is 5.75 Å². The molecule has 0 bridgehead atoms. The molecule has 0 spiro atoms. The molecule has 4 heteroatoms. The van der Waals surface area contributed by atoms with E-state index in [1.54, 1.807) is 0 Å². The average Bonchev–Trinajstić information content (AvgIpc) is 3.31. The summed E-state index contributed by atoms with van der Waals surface area (Å²) < 4.78 is 11.1. The van der Waals surface area contributed by atoms with Gasteiger partial charge in [-0.1, -0.05) is 54.6 Å². The maximum atomic E-state index is 6.50. The molecule has 0 atom stereocenters. The van der Waals surface area contributed by atoms with Gasteiger partial charge in [-0.25, -0.2) is 4.98 Å². The van der Waals surface area contributed by atoms with E-state index in [4.69, 9.17) is 9.72 Å². The van der Waals surface area contributed by atoms with Crippen molar-refractivity contribution in [2.75, 3.05) is 6.61 Å². The normalized spacial score (nSPS) is 13.3. The van der Waals surface area contributed by atoms with Crippen molar-refractivity contribution in [3.8, 4) is 34.0 Å². The molecule has 0 saturated carbocycles. The molecule has 7 rings (SSSR count). The number of imidazole rings is 1. The van der Waals surface area contributed by atoms with Gasteiger partial charge in [0, 0.05) is 29.3 Å². The molecule has 3 heterocycles. The zero-order valence-electron chi connectivity index (χ0n) is 20.0. The van der Waals surface area contributed by atoms with Crippen LogP contribution < -0.4 is 9.30 Å². The fraction of sp³-hybridized carbons (Fsp3) is 0.125. The van der Waals surface area contributed by atoms with Gasteiger partial charge in [0.05, 0.1) is 23.0 Å². The summed E-state index contributed by atoms with van der Waals surface area (Å²) in [5.41, 5.74) is 7.65. The van der Waals surface area contributed by atoms with E-state index < -0.39 is 0 Å². The molecule has 0 aliphatic carbocycles. The lowest BCUT2D eigenvalue weighted by Gasteiger charge is -2.18. The molecular formula is C32H26N3O+. The molecule has 0 unspecified atom stereocenters. The summed E-state index contributed by atoms with van der Waals surface area (Å²) in [7, 11) is 0. The topological polar surface area (TPSA) is 30.9 Å². The van der Waals surface area contributed by atoms with E-state index >= 15 is 0 Å². The standard InChI is InChI=1S/C32H26N3O/c1-2-12-24(13-3-1)35-29-17-7-6-16-28(29)33-32(35)27-15-5-4-14-25(27)26-19-18-23-11-10-21-34-20-8-9-22-36-31(26)30(23)34/h1-7,10-19,21H,8-9,20,22H2/q+1. The molecule has 4 aromatic carbocycles. The Labute approximate surface area is 210 Å². The van der Waals surface area contributed by atoms with Gasteiger partial charge in [-0.2, -0.15) is 4.57 Å². The predicted octanol–water partition coefficient (Wildman–Crippen LogP) is 6.97. The number of nitrogens with zero attached hydrogens (tertiary/aromatic N) is 3. The van der Waals surface area contributed by atoms with Crippen LogP contribution in [0.2, 0.25) is 0 Å². The quantitative estimate of drug-likeness (QED) is 0.263. The summed E-state index contributed by atoms with van der Waals surface area (Å²) >= 11 is 0. The first-order chi connectivity index (χ1) is 17.9. The molecule has 2 aromatic heterocycles. The van der Waals surface area contributed by atoms with Crippen molar-refractivity contribution in [2.45, 2.75) is 19.4 Å². The molecular weight excluding hydrogens is 442 g/mol. The second-order valence-electron chi connectivity index (χ2n) is 9.28. The monoisotopic (exact) mass is 468 g/mol. The Morgan fingerprint density at radius 2 is 1.50 bits per heavy atom. The van der Waals surface area contributed by atoms with Crippen LogP contribution in [-0.4, -0.2) is 16.2 Å². The molecule has 0 radical (unpaired) electrons. The van der Waals surface area contributed by atoms with E-state index in [-0.39, 0.29) is 0 Å². The van der Waals surface area contributed by atoms with Crippen molar-refractivity contribution in [2.24, 2.45) is 0 Å². The highest BCUT2D eigenvalue weighted by molar-refractivity contribution is 5.95. The summed E-state index contributed by atoms with van der Waals surface area (Å²) in [5, 5.41) is 1.20. The fourth-order valence-corrected chi connectivity index (χ4v) is 5.40. The zero-order chi connectivity index (χ0) is 23.9. The van der Waals surface area contributed by atoms with Crippen LogP contribution in [0.25, 0.3) is 50.1 Å². The lowest BCUT2D eigenvalue weighted by molar-refractivity contribution is -0.672. The Balaban J connectivity index is 1.52. The van der Waals surface area contributed by atoms with Crippen molar-refractivity contribution in [3.63, 3.8) is 0 Å². The summed E-state index contributed by atoms with van der Waals surface area (Å²) in [4.78, 5) is 5.15. The molecule has 0 N–H and O–H groups in total. The van der Waals surface area contributed by atoms with Gasteiger partial charge in [-0.05, 0) is 54.4 Å². The number of rotatable bonds is 3. The Morgan fingerprint density at radius 1 is 0.694 bits per heavy atom. The minimum absolute atomic E-state index is 0.728. The highest BCUT2D eigenvalue weighted by Gasteiger charge is 2.24. The van der Waals surface area contributed by atoms with E-state index in [0.717, 1.165) is 71.0 Å². The molecule has 1 aliphatic heterocycles. The molecule has 6 aromatic rings. The second-order valence-corrected chi connectivity index (χ2v) is 9.28. The second kappa shape index (κ2) is 8.65. The van der Waals surface area contributed by atoms with Crippen molar-refractivity contribution in [1.82, 2.24) is 9.55 Å². The van der Waals surface area contributed by atoms with Crippen molar-refractivity contribution in [3.05, 3.63) is 109 Å². The van der Waals surface area contributed by atoms with Crippen LogP contribution >= 0.6 is 0 Å². The van der Waals surface area contributed by atoms with Crippen molar-refractivity contribution < 1.29 is 9.30 Å². The summed E-state index contributed by atoms with van der Waals surface area (Å²) in [5.74, 6) is 1.89. The highest BCUT2D eigenvalue weighted by Crippen LogP contribution is 2.41. The van der Waals surface area contributed by atoms with Crippen LogP contribution in [0.1, 0.15) is 12.8 Å². The Kier molecular flexibility index (Phi) is 5.02. The van der Waals surface area contributed by atoms with Crippen LogP contribution in [0.3, 0.4) is 0 Å². The van der Waals surface area contributed by atoms with Gasteiger partial charge in [0.15, 0.2) is 11.9 Å². The molecule has 0 saturated heterocycles.